The summed E-state index contributed by atoms with van der Waals surface area (Å²) >= 11 is 0. The van der Waals surface area contributed by atoms with Gasteiger partial charge in [0.25, 0.3) is 0 Å². The van der Waals surface area contributed by atoms with E-state index in [9.17, 15) is 5.11 Å². The van der Waals surface area contributed by atoms with Gasteiger partial charge in [-0.25, -0.2) is 0 Å². The summed E-state index contributed by atoms with van der Waals surface area (Å²) in [5.74, 6) is 2.67. The van der Waals surface area contributed by atoms with E-state index in [0.29, 0.717) is 17.3 Å². The zero-order chi connectivity index (χ0) is 16.5. The Morgan fingerprint density at radius 1 is 1.17 bits per heavy atom. The number of nitrogens with one attached hydrogen (secondary N) is 1. The van der Waals surface area contributed by atoms with Gasteiger partial charge in [0.1, 0.15) is 0 Å². The Hall–Kier alpha value is -0.670. The number of ether oxygens (including phenoxy) is 1. The molecule has 0 aromatic carbocycles. The first-order chi connectivity index (χ1) is 11.5. The van der Waals surface area contributed by atoms with Gasteiger partial charge in [-0.05, 0) is 98.5 Å². The monoisotopic (exact) mass is 329 g/mol. The van der Waals surface area contributed by atoms with Crippen LogP contribution in [0.2, 0.25) is 0 Å². The molecular formula is C21H31NO2. The molecule has 1 spiro atoms. The van der Waals surface area contributed by atoms with Crippen LogP contribution in [0.15, 0.2) is 11.6 Å². The highest BCUT2D eigenvalue weighted by molar-refractivity contribution is 5.94. The molecule has 0 aromatic heterocycles. The van der Waals surface area contributed by atoms with E-state index in [1.165, 1.54) is 44.1 Å². The summed E-state index contributed by atoms with van der Waals surface area (Å²) in [5, 5.41) is 18.8. The van der Waals surface area contributed by atoms with E-state index in [2.05, 4.69) is 6.92 Å². The zero-order valence-electron chi connectivity index (χ0n) is 14.9. The second kappa shape index (κ2) is 5.17. The Morgan fingerprint density at radius 2 is 2.04 bits per heavy atom. The van der Waals surface area contributed by atoms with Gasteiger partial charge in [0.2, 0.25) is 0 Å². The third-order valence-corrected chi connectivity index (χ3v) is 8.78. The van der Waals surface area contributed by atoms with Gasteiger partial charge in [0.05, 0.1) is 11.7 Å². The van der Waals surface area contributed by atoms with Crippen molar-refractivity contribution < 1.29 is 9.84 Å². The average Bonchev–Trinajstić information content (AvgIpc) is 3.15. The smallest absolute Gasteiger partial charge is 0.0759 e. The number of rotatable bonds is 0. The SMILES string of the molecule is C[C@]12CCC3C(CC(O)C4=CC(=N)CC[C@@H]43)C1CC[C@@]21CCCO1. The molecule has 0 aromatic rings. The van der Waals surface area contributed by atoms with Crippen molar-refractivity contribution in [2.24, 2.45) is 29.1 Å². The molecule has 0 radical (unpaired) electrons. The van der Waals surface area contributed by atoms with E-state index >= 15 is 0 Å². The van der Waals surface area contributed by atoms with Crippen molar-refractivity contribution in [1.82, 2.24) is 0 Å². The molecule has 1 aliphatic heterocycles. The molecule has 4 fully saturated rings. The summed E-state index contributed by atoms with van der Waals surface area (Å²) in [6.07, 6.45) is 12.3. The van der Waals surface area contributed by atoms with E-state index in [1.807, 2.05) is 6.08 Å². The molecule has 0 amide bonds. The number of allylic oxidation sites excluding steroid dienone is 1. The summed E-state index contributed by atoms with van der Waals surface area (Å²) in [6.45, 7) is 3.47. The molecule has 24 heavy (non-hydrogen) atoms. The maximum absolute atomic E-state index is 10.8. The van der Waals surface area contributed by atoms with Gasteiger partial charge >= 0.3 is 0 Å². The Morgan fingerprint density at radius 3 is 2.83 bits per heavy atom. The lowest BCUT2D eigenvalue weighted by molar-refractivity contribution is -0.132. The normalized spacial score (nSPS) is 53.5. The predicted molar refractivity (Wildman–Crippen MR) is 94.1 cm³/mol. The third kappa shape index (κ3) is 1.89. The van der Waals surface area contributed by atoms with E-state index in [4.69, 9.17) is 10.1 Å². The second-order valence-electron chi connectivity index (χ2n) is 9.44. The third-order valence-electron chi connectivity index (χ3n) is 8.78. The standard InChI is InChI=1S/C21H31NO2/c1-20-8-5-15-14-4-3-13(22)11-17(14)19(23)12-16(15)18(20)6-9-21(20)7-2-10-24-21/h11,14-16,18-19,22-23H,2-10,12H2,1H3/t14-,15?,16?,18?,19?,20+,21+/m1/s1. The van der Waals surface area contributed by atoms with E-state index in [-0.39, 0.29) is 11.7 Å². The highest BCUT2D eigenvalue weighted by Crippen LogP contribution is 2.67. The Balaban J connectivity index is 1.48. The van der Waals surface area contributed by atoms with Crippen molar-refractivity contribution in [2.45, 2.75) is 76.4 Å². The second-order valence-corrected chi connectivity index (χ2v) is 9.44. The van der Waals surface area contributed by atoms with Crippen LogP contribution in [0.4, 0.5) is 0 Å². The van der Waals surface area contributed by atoms with Gasteiger partial charge in [-0.1, -0.05) is 6.92 Å². The van der Waals surface area contributed by atoms with Crippen LogP contribution in [0.5, 0.6) is 0 Å². The van der Waals surface area contributed by atoms with E-state index in [1.54, 1.807) is 0 Å². The fourth-order valence-electron chi connectivity index (χ4n) is 7.65. The summed E-state index contributed by atoms with van der Waals surface area (Å²) in [5.41, 5.74) is 2.39. The summed E-state index contributed by atoms with van der Waals surface area (Å²) < 4.78 is 6.40. The molecule has 4 aliphatic carbocycles. The van der Waals surface area contributed by atoms with Gasteiger partial charge in [0.15, 0.2) is 0 Å². The lowest BCUT2D eigenvalue weighted by Gasteiger charge is -2.56. The van der Waals surface area contributed by atoms with Crippen molar-refractivity contribution >= 4 is 5.71 Å². The molecule has 5 rings (SSSR count). The quantitative estimate of drug-likeness (QED) is 0.703. The number of aliphatic hydroxyl groups is 1. The van der Waals surface area contributed by atoms with Gasteiger partial charge < -0.3 is 15.3 Å². The van der Waals surface area contributed by atoms with Crippen LogP contribution < -0.4 is 0 Å². The molecule has 5 aliphatic rings. The molecule has 1 saturated heterocycles. The van der Waals surface area contributed by atoms with Gasteiger partial charge in [-0.3, -0.25) is 0 Å². The summed E-state index contributed by atoms with van der Waals surface area (Å²) in [7, 11) is 0. The molecular weight excluding hydrogens is 298 g/mol. The van der Waals surface area contributed by atoms with E-state index in [0.717, 1.165) is 43.4 Å². The molecule has 1 heterocycles. The molecule has 3 saturated carbocycles. The first-order valence-electron chi connectivity index (χ1n) is 10.1. The minimum atomic E-state index is -0.305. The van der Waals surface area contributed by atoms with Crippen molar-refractivity contribution in [1.29, 1.82) is 5.41 Å². The van der Waals surface area contributed by atoms with Gasteiger partial charge in [-0.2, -0.15) is 0 Å². The van der Waals surface area contributed by atoms with Gasteiger partial charge in [0, 0.05) is 12.3 Å². The highest BCUT2D eigenvalue weighted by Gasteiger charge is 2.64. The molecule has 2 N–H and O–H groups in total. The number of hydrogen-bond acceptors (Lipinski definition) is 3. The summed E-state index contributed by atoms with van der Waals surface area (Å²) in [4.78, 5) is 0. The molecule has 4 unspecified atom stereocenters. The van der Waals surface area contributed by atoms with Crippen molar-refractivity contribution in [3.8, 4) is 0 Å². The molecule has 0 bridgehead atoms. The van der Waals surface area contributed by atoms with Crippen LogP contribution in [0, 0.1) is 34.5 Å². The first kappa shape index (κ1) is 15.6. The average molecular weight is 329 g/mol. The maximum atomic E-state index is 10.8. The number of fused-ring (bicyclic) bond motifs is 6. The Kier molecular flexibility index (Phi) is 3.35. The molecule has 132 valence electrons. The number of aliphatic hydroxyl groups excluding tert-OH is 1. The summed E-state index contributed by atoms with van der Waals surface area (Å²) in [6, 6.07) is 0. The fourth-order valence-corrected chi connectivity index (χ4v) is 7.65. The fraction of sp³-hybridized carbons (Fsp3) is 0.857. The number of hydrogen-bond donors (Lipinski definition) is 2. The van der Waals surface area contributed by atoms with Crippen LogP contribution in [0.3, 0.4) is 0 Å². The predicted octanol–water partition coefficient (Wildman–Crippen LogP) is 4.10. The topological polar surface area (TPSA) is 53.3 Å². The van der Waals surface area contributed by atoms with Crippen LogP contribution in [0.1, 0.15) is 64.7 Å². The van der Waals surface area contributed by atoms with Crippen LogP contribution in [-0.4, -0.2) is 29.1 Å². The minimum absolute atomic E-state index is 0.151. The maximum Gasteiger partial charge on any atom is 0.0759 e. The Labute approximate surface area is 145 Å². The van der Waals surface area contributed by atoms with Gasteiger partial charge in [-0.15, -0.1) is 0 Å². The molecule has 3 nitrogen and oxygen atoms in total. The van der Waals surface area contributed by atoms with Crippen molar-refractivity contribution in [2.75, 3.05) is 6.61 Å². The lowest BCUT2D eigenvalue weighted by atomic mass is 9.50. The Bertz CT molecular complexity index is 591. The first-order valence-corrected chi connectivity index (χ1v) is 10.1. The largest absolute Gasteiger partial charge is 0.389 e. The van der Waals surface area contributed by atoms with Crippen molar-refractivity contribution in [3.63, 3.8) is 0 Å². The van der Waals surface area contributed by atoms with E-state index < -0.39 is 0 Å². The molecule has 3 heteroatoms. The van der Waals surface area contributed by atoms with Crippen LogP contribution >= 0.6 is 0 Å². The minimum Gasteiger partial charge on any atom is -0.389 e. The lowest BCUT2D eigenvalue weighted by Crippen LogP contribution is -2.54. The zero-order valence-corrected chi connectivity index (χ0v) is 14.9. The van der Waals surface area contributed by atoms with Crippen molar-refractivity contribution in [3.05, 3.63) is 11.6 Å². The van der Waals surface area contributed by atoms with Crippen LogP contribution in [-0.2, 0) is 4.74 Å². The molecule has 7 atom stereocenters. The van der Waals surface area contributed by atoms with Crippen LogP contribution in [0.25, 0.3) is 0 Å². The highest BCUT2D eigenvalue weighted by atomic mass is 16.5.